The van der Waals surface area contributed by atoms with E-state index >= 15 is 0 Å². The fourth-order valence-corrected chi connectivity index (χ4v) is 1.83. The number of nitrogens with one attached hydrogen (secondary N) is 1. The summed E-state index contributed by atoms with van der Waals surface area (Å²) in [6, 6.07) is 4.56. The number of nitrogens with two attached hydrogens (primary N) is 1. The van der Waals surface area contributed by atoms with Gasteiger partial charge < -0.3 is 0 Å². The molecule has 0 saturated heterocycles. The molecule has 15 heavy (non-hydrogen) atoms. The Hall–Kier alpha value is -0.890. The van der Waals surface area contributed by atoms with E-state index in [1.807, 2.05) is 6.07 Å². The molecule has 1 unspecified atom stereocenters. The maximum atomic E-state index is 13.1. The van der Waals surface area contributed by atoms with Gasteiger partial charge in [0, 0.05) is 16.9 Å². The molecule has 0 aliphatic rings. The molecule has 1 rings (SSSR count). The Balaban J connectivity index is 2.87. The van der Waals surface area contributed by atoms with Crippen molar-refractivity contribution in [2.45, 2.75) is 18.9 Å². The molecular formula is C11H12BrFN2. The van der Waals surface area contributed by atoms with Gasteiger partial charge in [0.1, 0.15) is 5.82 Å². The highest BCUT2D eigenvalue weighted by Crippen LogP contribution is 2.22. The van der Waals surface area contributed by atoms with Gasteiger partial charge in [-0.3, -0.25) is 11.3 Å². The first kappa shape index (κ1) is 12.2. The summed E-state index contributed by atoms with van der Waals surface area (Å²) < 4.78 is 13.8. The molecule has 2 nitrogen and oxygen atoms in total. The zero-order valence-electron chi connectivity index (χ0n) is 8.13. The van der Waals surface area contributed by atoms with Crippen molar-refractivity contribution in [3.05, 3.63) is 34.1 Å². The van der Waals surface area contributed by atoms with Gasteiger partial charge in [0.25, 0.3) is 0 Å². The summed E-state index contributed by atoms with van der Waals surface area (Å²) in [7, 11) is 0. The average Bonchev–Trinajstić information content (AvgIpc) is 2.17. The van der Waals surface area contributed by atoms with Crippen LogP contribution in [0.25, 0.3) is 0 Å². The number of hydrazine groups is 1. The zero-order chi connectivity index (χ0) is 11.3. The third kappa shape index (κ3) is 3.63. The van der Waals surface area contributed by atoms with E-state index in [0.717, 1.165) is 5.56 Å². The van der Waals surface area contributed by atoms with Crippen LogP contribution in [-0.4, -0.2) is 0 Å². The van der Waals surface area contributed by atoms with Crippen molar-refractivity contribution in [3.8, 4) is 12.3 Å². The molecule has 1 atom stereocenters. The fraction of sp³-hybridized carbons (Fsp3) is 0.273. The number of terminal acetylenes is 1. The summed E-state index contributed by atoms with van der Waals surface area (Å²) in [5.74, 6) is 7.63. The second kappa shape index (κ2) is 5.86. The predicted molar refractivity (Wildman–Crippen MR) is 62.2 cm³/mol. The van der Waals surface area contributed by atoms with E-state index in [9.17, 15) is 4.39 Å². The van der Waals surface area contributed by atoms with Crippen LogP contribution >= 0.6 is 15.9 Å². The van der Waals surface area contributed by atoms with E-state index in [2.05, 4.69) is 27.3 Å². The van der Waals surface area contributed by atoms with E-state index in [1.54, 1.807) is 0 Å². The molecule has 1 aromatic rings. The van der Waals surface area contributed by atoms with Crippen molar-refractivity contribution in [2.24, 2.45) is 5.84 Å². The highest BCUT2D eigenvalue weighted by molar-refractivity contribution is 9.10. The second-order valence-corrected chi connectivity index (χ2v) is 4.08. The molecule has 0 radical (unpaired) electrons. The monoisotopic (exact) mass is 270 g/mol. The van der Waals surface area contributed by atoms with Gasteiger partial charge in [0.15, 0.2) is 0 Å². The molecular weight excluding hydrogens is 259 g/mol. The van der Waals surface area contributed by atoms with E-state index in [-0.39, 0.29) is 11.9 Å². The third-order valence-electron chi connectivity index (χ3n) is 2.07. The highest BCUT2D eigenvalue weighted by atomic mass is 79.9. The van der Waals surface area contributed by atoms with Crippen LogP contribution in [0.3, 0.4) is 0 Å². The van der Waals surface area contributed by atoms with Crippen LogP contribution in [0.1, 0.15) is 24.4 Å². The Bertz CT molecular complexity index is 353. The van der Waals surface area contributed by atoms with Crippen molar-refractivity contribution in [3.63, 3.8) is 0 Å². The van der Waals surface area contributed by atoms with E-state index in [1.165, 1.54) is 12.1 Å². The third-order valence-corrected chi connectivity index (χ3v) is 2.52. The van der Waals surface area contributed by atoms with Gasteiger partial charge in [-0.15, -0.1) is 12.3 Å². The zero-order valence-corrected chi connectivity index (χ0v) is 9.72. The minimum atomic E-state index is -0.291. The summed E-state index contributed by atoms with van der Waals surface area (Å²) in [5, 5.41) is 0. The molecule has 0 saturated carbocycles. The maximum absolute atomic E-state index is 13.1. The fourth-order valence-electron chi connectivity index (χ4n) is 1.35. The SMILES string of the molecule is C#CCCC(NN)c1cc(F)cc(Br)c1. The molecule has 1 aromatic carbocycles. The van der Waals surface area contributed by atoms with Gasteiger partial charge in [-0.25, -0.2) is 4.39 Å². The van der Waals surface area contributed by atoms with Crippen molar-refractivity contribution in [1.29, 1.82) is 0 Å². The lowest BCUT2D eigenvalue weighted by Gasteiger charge is -2.15. The number of rotatable bonds is 4. The molecule has 0 aliphatic heterocycles. The van der Waals surface area contributed by atoms with Gasteiger partial charge in [0.05, 0.1) is 0 Å². The standard InChI is InChI=1S/C11H12BrFN2/c1-2-3-4-11(15-14)8-5-9(12)7-10(13)6-8/h1,5-7,11,15H,3-4,14H2. The Morgan fingerprint density at radius 2 is 2.27 bits per heavy atom. The summed E-state index contributed by atoms with van der Waals surface area (Å²) in [4.78, 5) is 0. The lowest BCUT2D eigenvalue weighted by molar-refractivity contribution is 0.518. The van der Waals surface area contributed by atoms with Gasteiger partial charge >= 0.3 is 0 Å². The summed E-state index contributed by atoms with van der Waals surface area (Å²) in [6.07, 6.45) is 6.45. The largest absolute Gasteiger partial charge is 0.271 e. The predicted octanol–water partition coefficient (Wildman–Crippen LogP) is 2.51. The number of halogens is 2. The molecule has 0 fully saturated rings. The van der Waals surface area contributed by atoms with Gasteiger partial charge in [-0.1, -0.05) is 15.9 Å². The molecule has 0 spiro atoms. The normalized spacial score (nSPS) is 12.1. The first-order valence-corrected chi connectivity index (χ1v) is 5.32. The van der Waals surface area contributed by atoms with Crippen LogP contribution in [0.15, 0.2) is 22.7 Å². The topological polar surface area (TPSA) is 38.0 Å². The van der Waals surface area contributed by atoms with Crippen LogP contribution < -0.4 is 11.3 Å². The molecule has 3 N–H and O–H groups in total. The lowest BCUT2D eigenvalue weighted by Crippen LogP contribution is -2.28. The van der Waals surface area contributed by atoms with E-state index in [4.69, 9.17) is 12.3 Å². The van der Waals surface area contributed by atoms with Crippen molar-refractivity contribution < 1.29 is 4.39 Å². The molecule has 80 valence electrons. The van der Waals surface area contributed by atoms with Crippen LogP contribution in [0, 0.1) is 18.2 Å². The Labute approximate surface area is 97.1 Å². The quantitative estimate of drug-likeness (QED) is 0.501. The van der Waals surface area contributed by atoms with Gasteiger partial charge in [-0.05, 0) is 30.2 Å². The minimum absolute atomic E-state index is 0.118. The first-order chi connectivity index (χ1) is 7.17. The van der Waals surface area contributed by atoms with Gasteiger partial charge in [0.2, 0.25) is 0 Å². The molecule has 0 aromatic heterocycles. The van der Waals surface area contributed by atoms with Crippen molar-refractivity contribution in [1.82, 2.24) is 5.43 Å². The van der Waals surface area contributed by atoms with Crippen LogP contribution in [0.5, 0.6) is 0 Å². The first-order valence-electron chi connectivity index (χ1n) is 4.53. The number of hydrogen-bond donors (Lipinski definition) is 2. The number of benzene rings is 1. The molecule has 4 heteroatoms. The smallest absolute Gasteiger partial charge is 0.124 e. The Kier molecular flexibility index (Phi) is 4.76. The minimum Gasteiger partial charge on any atom is -0.271 e. The summed E-state index contributed by atoms with van der Waals surface area (Å²) in [6.45, 7) is 0. The molecule has 0 aliphatic carbocycles. The maximum Gasteiger partial charge on any atom is 0.124 e. The number of hydrogen-bond acceptors (Lipinski definition) is 2. The lowest BCUT2D eigenvalue weighted by atomic mass is 10.0. The van der Waals surface area contributed by atoms with E-state index in [0.29, 0.717) is 17.3 Å². The molecule has 0 amide bonds. The van der Waals surface area contributed by atoms with E-state index < -0.39 is 0 Å². The van der Waals surface area contributed by atoms with Crippen molar-refractivity contribution >= 4 is 15.9 Å². The summed E-state index contributed by atoms with van der Waals surface area (Å²) in [5.41, 5.74) is 3.42. The Morgan fingerprint density at radius 3 is 2.80 bits per heavy atom. The van der Waals surface area contributed by atoms with Crippen LogP contribution in [0.4, 0.5) is 4.39 Å². The van der Waals surface area contributed by atoms with Crippen molar-refractivity contribution in [2.75, 3.05) is 0 Å². The average molecular weight is 271 g/mol. The van der Waals surface area contributed by atoms with Gasteiger partial charge in [-0.2, -0.15) is 0 Å². The second-order valence-electron chi connectivity index (χ2n) is 3.16. The summed E-state index contributed by atoms with van der Waals surface area (Å²) >= 11 is 3.23. The van der Waals surface area contributed by atoms with Crippen LogP contribution in [0.2, 0.25) is 0 Å². The van der Waals surface area contributed by atoms with Crippen LogP contribution in [-0.2, 0) is 0 Å². The highest BCUT2D eigenvalue weighted by Gasteiger charge is 2.10. The molecule has 0 heterocycles. The molecule has 0 bridgehead atoms. The Morgan fingerprint density at radius 1 is 1.53 bits per heavy atom.